The second-order valence-electron chi connectivity index (χ2n) is 12.5. The molecule has 4 aliphatic rings. The first kappa shape index (κ1) is 40.7. The molecule has 4 rings (SSSR count). The van der Waals surface area contributed by atoms with E-state index in [1.54, 1.807) is 0 Å². The molecule has 0 aromatic heterocycles. The van der Waals surface area contributed by atoms with Gasteiger partial charge in [-0.05, 0) is 6.42 Å². The zero-order valence-corrected chi connectivity index (χ0v) is 28.2. The van der Waals surface area contributed by atoms with Gasteiger partial charge in [0.1, 0.15) is 61.0 Å². The maximum Gasteiger partial charge on any atom is 0.187 e. The van der Waals surface area contributed by atoms with Crippen LogP contribution in [0.2, 0.25) is 0 Å². The maximum absolute atomic E-state index is 11.5. The molecule has 1 aliphatic carbocycles. The standard InChI is InChI=1S/C27H54N6O13S2/c28-6-11-17(35)19(37)14(32)25(41-11)44-22-10(31)5-9(30)16(34)24(22)46-27-21(39)23(13(43-27)8-48-4-2-40-1-3-47)45-26-15(33)20(38)18(36)12(7-29)42-26/h9-27,34-39,47H,1-8,28-33H2/t9-,10?,11?,12?,13-,14?,15-,16?,17-,18-,19-,20?,21+,22-,23?,24-,25-,26?,27+/m1/s1. The van der Waals surface area contributed by atoms with E-state index in [-0.39, 0.29) is 25.3 Å². The molecule has 18 N–H and O–H groups in total. The number of aliphatic hydroxyl groups excluding tert-OH is 6. The van der Waals surface area contributed by atoms with Gasteiger partial charge in [0.05, 0.1) is 37.5 Å². The van der Waals surface area contributed by atoms with Crippen molar-refractivity contribution in [2.24, 2.45) is 34.4 Å². The van der Waals surface area contributed by atoms with Crippen LogP contribution >= 0.6 is 24.4 Å². The molecule has 8 unspecified atom stereocenters. The molecule has 19 nitrogen and oxygen atoms in total. The molecule has 3 heterocycles. The average molecular weight is 735 g/mol. The minimum Gasteiger partial charge on any atom is -0.389 e. The van der Waals surface area contributed by atoms with E-state index >= 15 is 0 Å². The number of hydrogen-bond donors (Lipinski definition) is 13. The van der Waals surface area contributed by atoms with Crippen molar-refractivity contribution in [3.8, 4) is 0 Å². The quantitative estimate of drug-likeness (QED) is 0.0549. The van der Waals surface area contributed by atoms with Crippen LogP contribution in [0.1, 0.15) is 6.42 Å². The van der Waals surface area contributed by atoms with Crippen LogP contribution in [0.15, 0.2) is 0 Å². The zero-order valence-electron chi connectivity index (χ0n) is 26.5. The lowest BCUT2D eigenvalue weighted by Crippen LogP contribution is -2.68. The van der Waals surface area contributed by atoms with Crippen LogP contribution in [-0.2, 0) is 33.2 Å². The molecule has 282 valence electrons. The van der Waals surface area contributed by atoms with Gasteiger partial charge in [0.15, 0.2) is 18.9 Å². The summed E-state index contributed by atoms with van der Waals surface area (Å²) >= 11 is 5.57. The van der Waals surface area contributed by atoms with E-state index in [1.165, 1.54) is 11.8 Å². The summed E-state index contributed by atoms with van der Waals surface area (Å²) in [6.45, 7) is 0.646. The third-order valence-corrected chi connectivity index (χ3v) is 10.3. The summed E-state index contributed by atoms with van der Waals surface area (Å²) in [6, 6.07) is -4.08. The number of thioether (sulfide) groups is 1. The molecule has 21 heteroatoms. The van der Waals surface area contributed by atoms with E-state index in [0.717, 1.165) is 0 Å². The van der Waals surface area contributed by atoms with E-state index in [0.29, 0.717) is 24.7 Å². The number of thiol groups is 1. The Morgan fingerprint density at radius 1 is 0.604 bits per heavy atom. The third kappa shape index (κ3) is 9.29. The van der Waals surface area contributed by atoms with Gasteiger partial charge >= 0.3 is 0 Å². The van der Waals surface area contributed by atoms with Crippen molar-refractivity contribution in [3.05, 3.63) is 0 Å². The highest BCUT2D eigenvalue weighted by Gasteiger charge is 2.54. The van der Waals surface area contributed by atoms with Crippen molar-refractivity contribution in [1.29, 1.82) is 0 Å². The van der Waals surface area contributed by atoms with Gasteiger partial charge in [-0.2, -0.15) is 24.4 Å². The normalized spacial score (nSPS) is 48.6. The largest absolute Gasteiger partial charge is 0.389 e. The lowest BCUT2D eigenvalue weighted by molar-refractivity contribution is -0.306. The highest BCUT2D eigenvalue weighted by molar-refractivity contribution is 7.99. The van der Waals surface area contributed by atoms with Gasteiger partial charge in [-0.25, -0.2) is 0 Å². The van der Waals surface area contributed by atoms with Crippen LogP contribution in [-0.4, -0.2) is 190 Å². The molecule has 3 aliphatic heterocycles. The van der Waals surface area contributed by atoms with Crippen molar-refractivity contribution in [2.75, 3.05) is 43.6 Å². The van der Waals surface area contributed by atoms with E-state index in [9.17, 15) is 30.6 Å². The van der Waals surface area contributed by atoms with Crippen molar-refractivity contribution < 1.29 is 63.8 Å². The molecule has 4 fully saturated rings. The smallest absolute Gasteiger partial charge is 0.187 e. The average Bonchev–Trinajstić information content (AvgIpc) is 3.35. The Balaban J connectivity index is 1.52. The molecule has 0 bridgehead atoms. The first-order chi connectivity index (χ1) is 22.8. The molecule has 0 aromatic carbocycles. The number of nitrogens with two attached hydrogens (primary N) is 6. The minimum absolute atomic E-state index is 0.112. The van der Waals surface area contributed by atoms with Gasteiger partial charge in [-0.15, -0.1) is 0 Å². The Hall–Kier alpha value is -0.0600. The summed E-state index contributed by atoms with van der Waals surface area (Å²) in [5.41, 5.74) is 36.3. The molecular formula is C27H54N6O13S2. The summed E-state index contributed by atoms with van der Waals surface area (Å²) in [4.78, 5) is 0. The van der Waals surface area contributed by atoms with E-state index in [4.69, 9.17) is 67.6 Å². The minimum atomic E-state index is -1.50. The fraction of sp³-hybridized carbons (Fsp3) is 1.00. The van der Waals surface area contributed by atoms with Gasteiger partial charge in [-0.3, -0.25) is 0 Å². The Bertz CT molecular complexity index is 974. The molecule has 0 spiro atoms. The topological polar surface area (TPSA) is 342 Å². The van der Waals surface area contributed by atoms with Crippen LogP contribution in [0.25, 0.3) is 0 Å². The SMILES string of the molecule is NCC1OC(OC2[C@@H](CSCCOCCS)O[C@@H](O[C@@H]3C(O)[C@H](N)CC(N)[C@H]3O[C@H]3OC(CN)[C@@H](O)[C@H](O)C3N)[C@H]2O)[C@H](N)C(O)[C@@H]1O. The van der Waals surface area contributed by atoms with Gasteiger partial charge in [-0.1, -0.05) is 0 Å². The van der Waals surface area contributed by atoms with Gasteiger partial charge < -0.3 is 98.2 Å². The fourth-order valence-electron chi connectivity index (χ4n) is 6.21. The van der Waals surface area contributed by atoms with Crippen LogP contribution in [0.5, 0.6) is 0 Å². The Morgan fingerprint density at radius 2 is 1.12 bits per heavy atom. The van der Waals surface area contributed by atoms with Gasteiger partial charge in [0.2, 0.25) is 0 Å². The number of aliphatic hydroxyl groups is 6. The van der Waals surface area contributed by atoms with Crippen molar-refractivity contribution in [2.45, 2.75) is 123 Å². The maximum atomic E-state index is 11.5. The molecule has 0 amide bonds. The second kappa shape index (κ2) is 18.6. The predicted molar refractivity (Wildman–Crippen MR) is 173 cm³/mol. The van der Waals surface area contributed by atoms with Crippen LogP contribution in [0.4, 0.5) is 0 Å². The monoisotopic (exact) mass is 734 g/mol. The summed E-state index contributed by atoms with van der Waals surface area (Å²) in [5.74, 6) is 1.44. The fourth-order valence-corrected chi connectivity index (χ4v) is 7.25. The van der Waals surface area contributed by atoms with Crippen LogP contribution in [0.3, 0.4) is 0 Å². The number of ether oxygens (including phenoxy) is 7. The molecular weight excluding hydrogens is 680 g/mol. The van der Waals surface area contributed by atoms with E-state index in [2.05, 4.69) is 12.6 Å². The predicted octanol–water partition coefficient (Wildman–Crippen LogP) is -7.21. The summed E-state index contributed by atoms with van der Waals surface area (Å²) in [5, 5.41) is 64.3. The molecule has 48 heavy (non-hydrogen) atoms. The zero-order chi connectivity index (χ0) is 35.3. The number of hydrogen-bond acceptors (Lipinski definition) is 21. The first-order valence-electron chi connectivity index (χ1n) is 16.0. The van der Waals surface area contributed by atoms with Crippen molar-refractivity contribution in [3.63, 3.8) is 0 Å². The van der Waals surface area contributed by atoms with Crippen LogP contribution in [0, 0.1) is 0 Å². The molecule has 1 saturated carbocycles. The van der Waals surface area contributed by atoms with Gasteiger partial charge in [0.25, 0.3) is 0 Å². The first-order valence-corrected chi connectivity index (χ1v) is 17.8. The summed E-state index contributed by atoms with van der Waals surface area (Å²) in [6.07, 6.45) is -18.7. The molecule has 19 atom stereocenters. The van der Waals surface area contributed by atoms with E-state index in [1.807, 2.05) is 0 Å². The molecule has 0 aromatic rings. The molecule has 3 saturated heterocycles. The second-order valence-corrected chi connectivity index (χ2v) is 14.1. The lowest BCUT2D eigenvalue weighted by Gasteiger charge is -2.47. The van der Waals surface area contributed by atoms with E-state index < -0.39 is 116 Å². The Kier molecular flexibility index (Phi) is 15.8. The van der Waals surface area contributed by atoms with Crippen molar-refractivity contribution in [1.82, 2.24) is 0 Å². The van der Waals surface area contributed by atoms with Gasteiger partial charge in [0, 0.05) is 42.4 Å². The third-order valence-electron chi connectivity index (χ3n) is 9.08. The van der Waals surface area contributed by atoms with Crippen LogP contribution < -0.4 is 34.4 Å². The Morgan fingerprint density at radius 3 is 1.67 bits per heavy atom. The summed E-state index contributed by atoms with van der Waals surface area (Å²) < 4.78 is 41.5. The van der Waals surface area contributed by atoms with Crippen molar-refractivity contribution >= 4 is 24.4 Å². The lowest BCUT2D eigenvalue weighted by atomic mass is 9.84. The molecule has 0 radical (unpaired) electrons. The summed E-state index contributed by atoms with van der Waals surface area (Å²) in [7, 11) is 0. The highest BCUT2D eigenvalue weighted by atomic mass is 32.2. The number of rotatable bonds is 15. The highest BCUT2D eigenvalue weighted by Crippen LogP contribution is 2.35. The Labute approximate surface area is 288 Å².